The van der Waals surface area contributed by atoms with Gasteiger partial charge in [-0.05, 0) is 25.0 Å². The SMILES string of the molecule is COc1cc2c(cc1OC)OCC(C(C)=O)C2. The second-order valence-electron chi connectivity index (χ2n) is 4.14. The maximum atomic E-state index is 11.4. The average molecular weight is 236 g/mol. The van der Waals surface area contributed by atoms with Crippen LogP contribution in [0.25, 0.3) is 0 Å². The molecule has 0 radical (unpaired) electrons. The summed E-state index contributed by atoms with van der Waals surface area (Å²) in [5.74, 6) is 2.19. The highest BCUT2D eigenvalue weighted by Gasteiger charge is 2.25. The molecule has 0 fully saturated rings. The minimum atomic E-state index is -0.0550. The summed E-state index contributed by atoms with van der Waals surface area (Å²) in [4.78, 5) is 11.4. The van der Waals surface area contributed by atoms with Crippen LogP contribution in [-0.4, -0.2) is 26.6 Å². The van der Waals surface area contributed by atoms with Crippen LogP contribution in [-0.2, 0) is 11.2 Å². The fourth-order valence-corrected chi connectivity index (χ4v) is 1.97. The molecule has 4 nitrogen and oxygen atoms in total. The molecular weight excluding hydrogens is 220 g/mol. The molecule has 1 aromatic carbocycles. The molecule has 1 atom stereocenters. The maximum Gasteiger partial charge on any atom is 0.164 e. The lowest BCUT2D eigenvalue weighted by atomic mass is 9.93. The highest BCUT2D eigenvalue weighted by molar-refractivity contribution is 5.79. The Balaban J connectivity index is 2.35. The van der Waals surface area contributed by atoms with Crippen molar-refractivity contribution < 1.29 is 19.0 Å². The summed E-state index contributed by atoms with van der Waals surface area (Å²) < 4.78 is 16.0. The monoisotopic (exact) mass is 236 g/mol. The Labute approximate surface area is 100 Å². The number of hydrogen-bond acceptors (Lipinski definition) is 4. The first-order chi connectivity index (χ1) is 8.15. The molecule has 0 saturated carbocycles. The largest absolute Gasteiger partial charge is 0.493 e. The van der Waals surface area contributed by atoms with E-state index in [9.17, 15) is 4.79 Å². The fraction of sp³-hybridized carbons (Fsp3) is 0.462. The minimum absolute atomic E-state index is 0.0550. The van der Waals surface area contributed by atoms with Gasteiger partial charge in [0.2, 0.25) is 0 Å². The Morgan fingerprint density at radius 3 is 2.53 bits per heavy atom. The zero-order valence-electron chi connectivity index (χ0n) is 10.3. The molecular formula is C13H16O4. The molecule has 1 aromatic rings. The molecule has 17 heavy (non-hydrogen) atoms. The van der Waals surface area contributed by atoms with Crippen molar-refractivity contribution in [1.82, 2.24) is 0 Å². The van der Waals surface area contributed by atoms with Gasteiger partial charge in [-0.1, -0.05) is 0 Å². The minimum Gasteiger partial charge on any atom is -0.493 e. The number of benzene rings is 1. The second kappa shape index (κ2) is 4.65. The van der Waals surface area contributed by atoms with Crippen molar-refractivity contribution in [2.45, 2.75) is 13.3 Å². The Morgan fingerprint density at radius 2 is 1.94 bits per heavy atom. The standard InChI is InChI=1S/C13H16O4/c1-8(14)10-4-9-5-12(15-2)13(16-3)6-11(9)17-7-10/h5-6,10H,4,7H2,1-3H3. The van der Waals surface area contributed by atoms with Crippen LogP contribution >= 0.6 is 0 Å². The zero-order valence-corrected chi connectivity index (χ0v) is 10.3. The number of ketones is 1. The number of methoxy groups -OCH3 is 2. The van der Waals surface area contributed by atoms with Crippen molar-refractivity contribution in [3.05, 3.63) is 17.7 Å². The van der Waals surface area contributed by atoms with Crippen LogP contribution in [0, 0.1) is 5.92 Å². The maximum absolute atomic E-state index is 11.4. The molecule has 0 amide bonds. The molecule has 1 unspecified atom stereocenters. The third-order valence-corrected chi connectivity index (χ3v) is 3.05. The van der Waals surface area contributed by atoms with E-state index in [1.807, 2.05) is 12.1 Å². The van der Waals surface area contributed by atoms with Gasteiger partial charge < -0.3 is 14.2 Å². The normalized spacial score (nSPS) is 17.9. The number of Topliss-reactive ketones (excluding diaryl/α,β-unsaturated/α-hetero) is 1. The molecule has 1 aliphatic heterocycles. The van der Waals surface area contributed by atoms with Crippen LogP contribution in [0.5, 0.6) is 17.2 Å². The first kappa shape index (κ1) is 11.8. The third kappa shape index (κ3) is 2.20. The summed E-state index contributed by atoms with van der Waals surface area (Å²) in [6.07, 6.45) is 0.699. The Bertz CT molecular complexity index is 439. The van der Waals surface area contributed by atoms with Crippen molar-refractivity contribution in [1.29, 1.82) is 0 Å². The molecule has 0 N–H and O–H groups in total. The van der Waals surface area contributed by atoms with Gasteiger partial charge >= 0.3 is 0 Å². The van der Waals surface area contributed by atoms with Gasteiger partial charge in [-0.2, -0.15) is 0 Å². The third-order valence-electron chi connectivity index (χ3n) is 3.05. The van der Waals surface area contributed by atoms with Crippen molar-refractivity contribution in [3.63, 3.8) is 0 Å². The quantitative estimate of drug-likeness (QED) is 0.803. The number of hydrogen-bond donors (Lipinski definition) is 0. The Hall–Kier alpha value is -1.71. The van der Waals surface area contributed by atoms with E-state index in [-0.39, 0.29) is 11.7 Å². The van der Waals surface area contributed by atoms with Crippen molar-refractivity contribution in [3.8, 4) is 17.2 Å². The smallest absolute Gasteiger partial charge is 0.164 e. The summed E-state index contributed by atoms with van der Waals surface area (Å²) in [5, 5.41) is 0. The molecule has 0 aromatic heterocycles. The van der Waals surface area contributed by atoms with Gasteiger partial charge in [0.05, 0.1) is 26.7 Å². The van der Waals surface area contributed by atoms with Crippen molar-refractivity contribution in [2.24, 2.45) is 5.92 Å². The van der Waals surface area contributed by atoms with Gasteiger partial charge in [-0.3, -0.25) is 4.79 Å². The van der Waals surface area contributed by atoms with E-state index in [1.165, 1.54) is 0 Å². The van der Waals surface area contributed by atoms with Gasteiger partial charge in [0.25, 0.3) is 0 Å². The predicted molar refractivity (Wildman–Crippen MR) is 62.9 cm³/mol. The number of rotatable bonds is 3. The summed E-state index contributed by atoms with van der Waals surface area (Å²) in [7, 11) is 3.18. The van der Waals surface area contributed by atoms with Crippen molar-refractivity contribution in [2.75, 3.05) is 20.8 Å². The Morgan fingerprint density at radius 1 is 1.29 bits per heavy atom. The van der Waals surface area contributed by atoms with Gasteiger partial charge in [0.15, 0.2) is 11.5 Å². The number of carbonyl (C=O) groups is 1. The second-order valence-corrected chi connectivity index (χ2v) is 4.14. The lowest BCUT2D eigenvalue weighted by Gasteiger charge is -2.24. The number of carbonyl (C=O) groups excluding carboxylic acids is 1. The lowest BCUT2D eigenvalue weighted by molar-refractivity contribution is -0.121. The molecule has 0 bridgehead atoms. The van der Waals surface area contributed by atoms with E-state index in [0.29, 0.717) is 24.5 Å². The molecule has 4 heteroatoms. The van der Waals surface area contributed by atoms with Crippen LogP contribution in [0.15, 0.2) is 12.1 Å². The molecule has 0 aliphatic carbocycles. The average Bonchev–Trinajstić information content (AvgIpc) is 2.36. The summed E-state index contributed by atoms with van der Waals surface area (Å²) in [6.45, 7) is 2.04. The predicted octanol–water partition coefficient (Wildman–Crippen LogP) is 1.84. The van der Waals surface area contributed by atoms with Crippen LogP contribution in [0.2, 0.25) is 0 Å². The van der Waals surface area contributed by atoms with E-state index in [0.717, 1.165) is 11.3 Å². The molecule has 1 aliphatic rings. The van der Waals surface area contributed by atoms with Gasteiger partial charge in [-0.25, -0.2) is 0 Å². The highest BCUT2D eigenvalue weighted by atomic mass is 16.5. The summed E-state index contributed by atoms with van der Waals surface area (Å²) in [6, 6.07) is 3.69. The van der Waals surface area contributed by atoms with E-state index in [4.69, 9.17) is 14.2 Å². The van der Waals surface area contributed by atoms with Crippen LogP contribution in [0.4, 0.5) is 0 Å². The van der Waals surface area contributed by atoms with Crippen LogP contribution < -0.4 is 14.2 Å². The van der Waals surface area contributed by atoms with E-state index < -0.39 is 0 Å². The van der Waals surface area contributed by atoms with E-state index in [2.05, 4.69) is 0 Å². The first-order valence-electron chi connectivity index (χ1n) is 5.54. The molecule has 92 valence electrons. The number of fused-ring (bicyclic) bond motifs is 1. The first-order valence-corrected chi connectivity index (χ1v) is 5.54. The van der Waals surface area contributed by atoms with Gasteiger partial charge in [0, 0.05) is 6.07 Å². The Kier molecular flexibility index (Phi) is 3.22. The van der Waals surface area contributed by atoms with E-state index in [1.54, 1.807) is 21.1 Å². The van der Waals surface area contributed by atoms with Crippen LogP contribution in [0.3, 0.4) is 0 Å². The fourth-order valence-electron chi connectivity index (χ4n) is 1.97. The summed E-state index contributed by atoms with van der Waals surface area (Å²) >= 11 is 0. The van der Waals surface area contributed by atoms with Crippen LogP contribution in [0.1, 0.15) is 12.5 Å². The van der Waals surface area contributed by atoms with Crippen molar-refractivity contribution >= 4 is 5.78 Å². The summed E-state index contributed by atoms with van der Waals surface area (Å²) in [5.41, 5.74) is 0.995. The molecule has 0 spiro atoms. The van der Waals surface area contributed by atoms with Gasteiger partial charge in [0.1, 0.15) is 11.5 Å². The highest BCUT2D eigenvalue weighted by Crippen LogP contribution is 2.38. The number of ether oxygens (including phenoxy) is 3. The zero-order chi connectivity index (χ0) is 12.4. The molecule has 2 rings (SSSR count). The van der Waals surface area contributed by atoms with Gasteiger partial charge in [-0.15, -0.1) is 0 Å². The molecule has 1 heterocycles. The lowest BCUT2D eigenvalue weighted by Crippen LogP contribution is -2.26. The topological polar surface area (TPSA) is 44.8 Å². The molecule has 0 saturated heterocycles. The van der Waals surface area contributed by atoms with E-state index >= 15 is 0 Å².